The molecule has 1 aromatic carbocycles. The van der Waals surface area contributed by atoms with Gasteiger partial charge in [-0.3, -0.25) is 4.57 Å². The molecule has 1 atom stereocenters. The number of aromatic nitrogens is 2. The zero-order chi connectivity index (χ0) is 16.9. The Labute approximate surface area is 149 Å². The Morgan fingerprint density at radius 2 is 2.12 bits per heavy atom. The van der Waals surface area contributed by atoms with E-state index in [1.54, 1.807) is 4.57 Å². The second-order valence-electron chi connectivity index (χ2n) is 5.77. The summed E-state index contributed by atoms with van der Waals surface area (Å²) in [6.07, 6.45) is 3.06. The summed E-state index contributed by atoms with van der Waals surface area (Å²) in [6.45, 7) is 5.92. The molecule has 5 nitrogen and oxygen atoms in total. The lowest BCUT2D eigenvalue weighted by molar-refractivity contribution is 0.0661. The third kappa shape index (κ3) is 4.10. The maximum absolute atomic E-state index is 12.2. The summed E-state index contributed by atoms with van der Waals surface area (Å²) in [5.74, 6) is 0.392. The molecule has 3 heterocycles. The summed E-state index contributed by atoms with van der Waals surface area (Å²) in [5.41, 5.74) is 3.01. The SMILES string of the molecule is C.CC.O=c1nc(OCC2CCCO2)cc2n1CCc1ccccc1-2. The lowest BCUT2D eigenvalue weighted by atomic mass is 9.98. The van der Waals surface area contributed by atoms with Crippen molar-refractivity contribution in [2.75, 3.05) is 13.2 Å². The van der Waals surface area contributed by atoms with E-state index in [0.717, 1.165) is 37.1 Å². The van der Waals surface area contributed by atoms with Crippen molar-refractivity contribution < 1.29 is 9.47 Å². The molecule has 1 fully saturated rings. The highest BCUT2D eigenvalue weighted by Crippen LogP contribution is 2.29. The van der Waals surface area contributed by atoms with Gasteiger partial charge in [0.2, 0.25) is 5.88 Å². The third-order valence-electron chi connectivity index (χ3n) is 4.33. The van der Waals surface area contributed by atoms with E-state index in [9.17, 15) is 4.79 Å². The van der Waals surface area contributed by atoms with Crippen LogP contribution >= 0.6 is 0 Å². The summed E-state index contributed by atoms with van der Waals surface area (Å²) < 4.78 is 13.0. The lowest BCUT2D eigenvalue weighted by Crippen LogP contribution is -2.29. The largest absolute Gasteiger partial charge is 0.475 e. The fraction of sp³-hybridized carbons (Fsp3) is 0.500. The molecular formula is C20H28N2O3. The molecule has 0 aliphatic carbocycles. The highest BCUT2D eigenvalue weighted by Gasteiger charge is 2.20. The summed E-state index contributed by atoms with van der Waals surface area (Å²) in [4.78, 5) is 16.3. The van der Waals surface area contributed by atoms with Crippen molar-refractivity contribution in [1.29, 1.82) is 0 Å². The van der Waals surface area contributed by atoms with Crippen LogP contribution in [0.3, 0.4) is 0 Å². The van der Waals surface area contributed by atoms with Crippen molar-refractivity contribution in [3.63, 3.8) is 0 Å². The molecule has 0 saturated carbocycles. The molecule has 0 N–H and O–H groups in total. The van der Waals surface area contributed by atoms with Crippen molar-refractivity contribution in [1.82, 2.24) is 9.55 Å². The minimum absolute atomic E-state index is 0. The average Bonchev–Trinajstić information content (AvgIpc) is 3.15. The van der Waals surface area contributed by atoms with Crippen LogP contribution in [0.1, 0.15) is 39.7 Å². The topological polar surface area (TPSA) is 53.4 Å². The minimum atomic E-state index is -0.241. The lowest BCUT2D eigenvalue weighted by Gasteiger charge is -2.21. The zero-order valence-electron chi connectivity index (χ0n) is 14.3. The first kappa shape index (κ1) is 19.2. The summed E-state index contributed by atoms with van der Waals surface area (Å²) in [6, 6.07) is 10.0. The molecule has 0 amide bonds. The molecule has 136 valence electrons. The highest BCUT2D eigenvalue weighted by molar-refractivity contribution is 5.66. The van der Waals surface area contributed by atoms with Crippen molar-refractivity contribution in [2.24, 2.45) is 0 Å². The Bertz CT molecular complexity index is 749. The van der Waals surface area contributed by atoms with E-state index in [4.69, 9.17) is 9.47 Å². The summed E-state index contributed by atoms with van der Waals surface area (Å²) in [7, 11) is 0. The number of fused-ring (bicyclic) bond motifs is 3. The van der Waals surface area contributed by atoms with Crippen LogP contribution in [0.4, 0.5) is 0 Å². The standard InChI is InChI=1S/C17H18N2O3.C2H6.CH4/c20-17-18-16(22-11-13-5-3-9-21-13)10-15-14-6-2-1-4-12(14)7-8-19(15)17;1-2;/h1-2,4,6,10,13H,3,5,7-9,11H2;1-2H3;1H4. The van der Waals surface area contributed by atoms with Gasteiger partial charge in [0, 0.05) is 24.8 Å². The van der Waals surface area contributed by atoms with Crippen LogP contribution < -0.4 is 10.4 Å². The molecule has 2 aromatic rings. The molecule has 2 aliphatic rings. The average molecular weight is 344 g/mol. The molecule has 1 aromatic heterocycles. The highest BCUT2D eigenvalue weighted by atomic mass is 16.5. The Balaban J connectivity index is 0.000000726. The van der Waals surface area contributed by atoms with E-state index in [1.165, 1.54) is 5.56 Å². The second-order valence-corrected chi connectivity index (χ2v) is 5.77. The van der Waals surface area contributed by atoms with E-state index >= 15 is 0 Å². The first-order valence-corrected chi connectivity index (χ1v) is 8.76. The van der Waals surface area contributed by atoms with E-state index < -0.39 is 0 Å². The van der Waals surface area contributed by atoms with Gasteiger partial charge in [0.25, 0.3) is 0 Å². The third-order valence-corrected chi connectivity index (χ3v) is 4.33. The van der Waals surface area contributed by atoms with Gasteiger partial charge in [0.1, 0.15) is 6.61 Å². The molecule has 4 rings (SSSR count). The Morgan fingerprint density at radius 3 is 2.88 bits per heavy atom. The normalized spacial score (nSPS) is 17.4. The van der Waals surface area contributed by atoms with E-state index in [2.05, 4.69) is 11.1 Å². The smallest absolute Gasteiger partial charge is 0.351 e. The van der Waals surface area contributed by atoms with E-state index in [1.807, 2.05) is 38.1 Å². The van der Waals surface area contributed by atoms with Gasteiger partial charge >= 0.3 is 5.69 Å². The number of rotatable bonds is 3. The molecule has 5 heteroatoms. The maximum Gasteiger partial charge on any atom is 0.351 e. The molecule has 0 bridgehead atoms. The molecule has 0 spiro atoms. The molecule has 2 aliphatic heterocycles. The number of nitrogens with zero attached hydrogens (tertiary/aromatic N) is 2. The second kappa shape index (κ2) is 8.81. The summed E-state index contributed by atoms with van der Waals surface area (Å²) >= 11 is 0. The van der Waals surface area contributed by atoms with Crippen molar-refractivity contribution in [3.8, 4) is 17.1 Å². The number of hydrogen-bond acceptors (Lipinski definition) is 4. The monoisotopic (exact) mass is 344 g/mol. The first-order chi connectivity index (χ1) is 11.8. The number of benzene rings is 1. The van der Waals surface area contributed by atoms with Crippen LogP contribution in [0.2, 0.25) is 0 Å². The van der Waals surface area contributed by atoms with Gasteiger partial charge in [0.05, 0.1) is 11.8 Å². The van der Waals surface area contributed by atoms with Crippen LogP contribution in [0.25, 0.3) is 11.3 Å². The van der Waals surface area contributed by atoms with Gasteiger partial charge < -0.3 is 9.47 Å². The predicted molar refractivity (Wildman–Crippen MR) is 100 cm³/mol. The van der Waals surface area contributed by atoms with Crippen molar-refractivity contribution in [3.05, 3.63) is 46.4 Å². The molecule has 25 heavy (non-hydrogen) atoms. The van der Waals surface area contributed by atoms with Crippen molar-refractivity contribution in [2.45, 2.75) is 53.2 Å². The number of aryl methyl sites for hydroxylation is 1. The molecular weight excluding hydrogens is 316 g/mol. The molecule has 1 unspecified atom stereocenters. The number of hydrogen-bond donors (Lipinski definition) is 0. The summed E-state index contributed by atoms with van der Waals surface area (Å²) in [5, 5.41) is 0. The Morgan fingerprint density at radius 1 is 1.32 bits per heavy atom. The minimum Gasteiger partial charge on any atom is -0.475 e. The fourth-order valence-electron chi connectivity index (χ4n) is 3.17. The number of ether oxygens (including phenoxy) is 2. The van der Waals surface area contributed by atoms with Crippen LogP contribution in [0, 0.1) is 0 Å². The Hall–Kier alpha value is -2.14. The van der Waals surface area contributed by atoms with Gasteiger partial charge in [-0.1, -0.05) is 45.5 Å². The van der Waals surface area contributed by atoms with Gasteiger partial charge in [0.15, 0.2) is 0 Å². The van der Waals surface area contributed by atoms with Crippen LogP contribution in [0.5, 0.6) is 5.88 Å². The fourth-order valence-corrected chi connectivity index (χ4v) is 3.17. The maximum atomic E-state index is 12.2. The van der Waals surface area contributed by atoms with E-state index in [0.29, 0.717) is 19.0 Å². The van der Waals surface area contributed by atoms with Gasteiger partial charge in [-0.05, 0) is 24.8 Å². The van der Waals surface area contributed by atoms with Crippen LogP contribution in [-0.2, 0) is 17.7 Å². The Kier molecular flexibility index (Phi) is 6.76. The van der Waals surface area contributed by atoms with Gasteiger partial charge in [-0.2, -0.15) is 4.98 Å². The molecule has 1 saturated heterocycles. The van der Waals surface area contributed by atoms with Gasteiger partial charge in [-0.25, -0.2) is 4.79 Å². The van der Waals surface area contributed by atoms with Crippen LogP contribution in [0.15, 0.2) is 35.1 Å². The van der Waals surface area contributed by atoms with E-state index in [-0.39, 0.29) is 19.2 Å². The van der Waals surface area contributed by atoms with Crippen molar-refractivity contribution >= 4 is 0 Å². The predicted octanol–water partition coefficient (Wildman–Crippen LogP) is 3.69. The zero-order valence-corrected chi connectivity index (χ0v) is 14.3. The molecule has 0 radical (unpaired) electrons. The van der Waals surface area contributed by atoms with Crippen LogP contribution in [-0.4, -0.2) is 28.9 Å². The first-order valence-electron chi connectivity index (χ1n) is 8.76. The van der Waals surface area contributed by atoms with Gasteiger partial charge in [-0.15, -0.1) is 0 Å². The quantitative estimate of drug-likeness (QED) is 0.852.